The largest absolute Gasteiger partial charge is 0.485 e. The van der Waals surface area contributed by atoms with E-state index in [1.807, 2.05) is 19.9 Å². The Hall–Kier alpha value is -0.931. The van der Waals surface area contributed by atoms with Crippen LogP contribution in [0.5, 0.6) is 0 Å². The summed E-state index contributed by atoms with van der Waals surface area (Å²) < 4.78 is 7.04. The molecule has 0 aliphatic heterocycles. The molecule has 2 heterocycles. The fourth-order valence-electron chi connectivity index (χ4n) is 1.30. The molecule has 2 aromatic heterocycles. The first-order valence-electron chi connectivity index (χ1n) is 5.30. The second-order valence-corrected chi connectivity index (χ2v) is 4.96. The summed E-state index contributed by atoms with van der Waals surface area (Å²) in [7, 11) is 0. The van der Waals surface area contributed by atoms with E-state index in [1.165, 1.54) is 0 Å². The number of oxazole rings is 1. The average Bonchev–Trinajstić information content (AvgIpc) is 2.73. The van der Waals surface area contributed by atoms with Crippen LogP contribution in [0.2, 0.25) is 0 Å². The summed E-state index contributed by atoms with van der Waals surface area (Å²) in [5.41, 5.74) is 1.87. The summed E-state index contributed by atoms with van der Waals surface area (Å²) in [6.45, 7) is 10.1. The Labute approximate surface area is 115 Å². The van der Waals surface area contributed by atoms with E-state index >= 15 is 0 Å². The van der Waals surface area contributed by atoms with E-state index in [2.05, 4.69) is 37.1 Å². The minimum atomic E-state index is 0. The minimum absolute atomic E-state index is 0. The van der Waals surface area contributed by atoms with Crippen molar-refractivity contribution in [2.45, 2.75) is 40.0 Å². The second-order valence-electron chi connectivity index (χ2n) is 4.96. The molecule has 0 aliphatic carbocycles. The summed E-state index contributed by atoms with van der Waals surface area (Å²) in [5, 5.41) is 4.41. The molecule has 0 saturated heterocycles. The first-order valence-corrected chi connectivity index (χ1v) is 5.30. The molecule has 17 heavy (non-hydrogen) atoms. The van der Waals surface area contributed by atoms with Crippen molar-refractivity contribution < 1.29 is 24.5 Å². The van der Waals surface area contributed by atoms with Gasteiger partial charge in [-0.05, 0) is 25.0 Å². The zero-order chi connectivity index (χ0) is 11.9. The molecule has 0 N–H and O–H groups in total. The smallest absolute Gasteiger partial charge is 0.217 e. The van der Waals surface area contributed by atoms with Gasteiger partial charge in [-0.1, -0.05) is 27.0 Å². The molecule has 0 atom stereocenters. The maximum atomic E-state index is 5.48. The van der Waals surface area contributed by atoms with Crippen molar-refractivity contribution in [1.82, 2.24) is 14.8 Å². The Morgan fingerprint density at radius 3 is 2.35 bits per heavy atom. The van der Waals surface area contributed by atoms with E-state index in [9.17, 15) is 0 Å². The van der Waals surface area contributed by atoms with Gasteiger partial charge in [-0.25, -0.2) is 0 Å². The molecule has 2 aromatic rings. The minimum Gasteiger partial charge on any atom is -0.485 e. The van der Waals surface area contributed by atoms with E-state index in [1.54, 1.807) is 4.68 Å². The Kier molecular flexibility index (Phi) is 3.95. The van der Waals surface area contributed by atoms with Gasteiger partial charge in [0.1, 0.15) is 5.76 Å². The van der Waals surface area contributed by atoms with Crippen molar-refractivity contribution in [1.29, 1.82) is 0 Å². The molecule has 0 aromatic carbocycles. The fraction of sp³-hybridized carbons (Fsp3) is 0.500. The SMILES string of the molecule is Cc1nc(-n2[c-]cc(C(C)(C)C)n2)oc1C.[Ir]. The predicted molar refractivity (Wildman–Crippen MR) is 60.6 cm³/mol. The molecule has 0 spiro atoms. The maximum absolute atomic E-state index is 5.48. The zero-order valence-electron chi connectivity index (χ0n) is 10.7. The van der Waals surface area contributed by atoms with Gasteiger partial charge in [0, 0.05) is 20.1 Å². The Bertz CT molecular complexity index is 489. The molecule has 5 heteroatoms. The summed E-state index contributed by atoms with van der Waals surface area (Å²) in [5.74, 6) is 0.816. The van der Waals surface area contributed by atoms with Gasteiger partial charge in [0.15, 0.2) is 0 Å². The van der Waals surface area contributed by atoms with Gasteiger partial charge in [0.05, 0.1) is 5.69 Å². The van der Waals surface area contributed by atoms with E-state index in [-0.39, 0.29) is 25.5 Å². The van der Waals surface area contributed by atoms with Gasteiger partial charge < -0.3 is 9.10 Å². The number of nitrogens with zero attached hydrogens (tertiary/aromatic N) is 3. The van der Waals surface area contributed by atoms with Crippen LogP contribution < -0.4 is 0 Å². The Morgan fingerprint density at radius 1 is 1.29 bits per heavy atom. The molecule has 2 rings (SSSR count). The van der Waals surface area contributed by atoms with Crippen LogP contribution in [-0.4, -0.2) is 14.8 Å². The Morgan fingerprint density at radius 2 is 1.94 bits per heavy atom. The monoisotopic (exact) mass is 411 g/mol. The van der Waals surface area contributed by atoms with Crippen LogP contribution in [0, 0.1) is 20.0 Å². The molecular weight excluding hydrogens is 394 g/mol. The predicted octanol–water partition coefficient (Wildman–Crippen LogP) is 2.57. The van der Waals surface area contributed by atoms with E-state index in [0.717, 1.165) is 17.1 Å². The summed E-state index contributed by atoms with van der Waals surface area (Å²) in [4.78, 5) is 4.28. The normalized spacial score (nSPS) is 11.4. The van der Waals surface area contributed by atoms with Crippen LogP contribution in [0.4, 0.5) is 0 Å². The van der Waals surface area contributed by atoms with Gasteiger partial charge in [0.2, 0.25) is 6.01 Å². The zero-order valence-corrected chi connectivity index (χ0v) is 13.1. The standard InChI is InChI=1S/C12H16N3O.Ir/c1-8-9(2)16-11(13-8)15-7-6-10(14-15)12(3,4)5;/h6H,1-5H3;/q-1;. The van der Waals surface area contributed by atoms with E-state index in [4.69, 9.17) is 4.42 Å². The summed E-state index contributed by atoms with van der Waals surface area (Å²) >= 11 is 0. The van der Waals surface area contributed by atoms with Crippen LogP contribution in [0.25, 0.3) is 6.01 Å². The number of aromatic nitrogens is 3. The molecule has 1 radical (unpaired) electrons. The maximum Gasteiger partial charge on any atom is 0.217 e. The number of hydrogen-bond acceptors (Lipinski definition) is 3. The first kappa shape index (κ1) is 14.1. The number of aryl methyl sites for hydroxylation is 2. The molecule has 0 amide bonds. The van der Waals surface area contributed by atoms with Crippen molar-refractivity contribution in [3.8, 4) is 6.01 Å². The molecule has 4 nitrogen and oxygen atoms in total. The third kappa shape index (κ3) is 2.85. The molecule has 0 unspecified atom stereocenters. The van der Waals surface area contributed by atoms with Crippen molar-refractivity contribution >= 4 is 0 Å². The topological polar surface area (TPSA) is 43.9 Å². The van der Waals surface area contributed by atoms with Crippen molar-refractivity contribution in [2.24, 2.45) is 0 Å². The van der Waals surface area contributed by atoms with Crippen LogP contribution in [-0.2, 0) is 25.5 Å². The van der Waals surface area contributed by atoms with Gasteiger partial charge in [-0.2, -0.15) is 0 Å². The van der Waals surface area contributed by atoms with E-state index in [0.29, 0.717) is 6.01 Å². The Balaban J connectivity index is 0.00000144. The quantitative estimate of drug-likeness (QED) is 0.679. The van der Waals surface area contributed by atoms with Gasteiger partial charge >= 0.3 is 0 Å². The van der Waals surface area contributed by atoms with Gasteiger partial charge in [-0.3, -0.25) is 10.1 Å². The van der Waals surface area contributed by atoms with Crippen molar-refractivity contribution in [3.05, 3.63) is 29.4 Å². The van der Waals surface area contributed by atoms with Crippen molar-refractivity contribution in [2.75, 3.05) is 0 Å². The summed E-state index contributed by atoms with van der Waals surface area (Å²) in [6.07, 6.45) is 3.02. The molecule has 0 saturated carbocycles. The number of rotatable bonds is 1. The molecule has 95 valence electrons. The number of hydrogen-bond donors (Lipinski definition) is 0. The molecule has 0 fully saturated rings. The third-order valence-electron chi connectivity index (χ3n) is 2.50. The average molecular weight is 410 g/mol. The molecular formula is C12H16IrN3O-. The van der Waals surface area contributed by atoms with Gasteiger partial charge in [-0.15, -0.1) is 6.07 Å². The second kappa shape index (κ2) is 4.75. The van der Waals surface area contributed by atoms with E-state index < -0.39 is 0 Å². The van der Waals surface area contributed by atoms with Gasteiger partial charge in [0.25, 0.3) is 0 Å². The molecule has 0 bridgehead atoms. The first-order chi connectivity index (χ1) is 7.38. The third-order valence-corrected chi connectivity index (χ3v) is 2.50. The fourth-order valence-corrected chi connectivity index (χ4v) is 1.30. The summed E-state index contributed by atoms with van der Waals surface area (Å²) in [6, 6.07) is 2.35. The van der Waals surface area contributed by atoms with Crippen LogP contribution in [0.3, 0.4) is 0 Å². The van der Waals surface area contributed by atoms with Crippen LogP contribution in [0.15, 0.2) is 10.5 Å². The molecule has 0 aliphatic rings. The van der Waals surface area contributed by atoms with Crippen LogP contribution >= 0.6 is 0 Å². The van der Waals surface area contributed by atoms with Crippen LogP contribution in [0.1, 0.15) is 37.9 Å². The van der Waals surface area contributed by atoms with Crippen molar-refractivity contribution in [3.63, 3.8) is 0 Å².